The summed E-state index contributed by atoms with van der Waals surface area (Å²) in [4.78, 5) is 4.43. The summed E-state index contributed by atoms with van der Waals surface area (Å²) in [5.74, 6) is 0.827. The average molecular weight is 338 g/mol. The highest BCUT2D eigenvalue weighted by atomic mass is 35.5. The minimum Gasteiger partial charge on any atom is -1.00 e. The molecule has 6 heteroatoms. The number of rotatable bonds is 2. The van der Waals surface area contributed by atoms with Gasteiger partial charge in [0.25, 0.3) is 0 Å². The molecular weight excluding hydrogens is 325 g/mol. The first-order valence-corrected chi connectivity index (χ1v) is 7.31. The van der Waals surface area contributed by atoms with Crippen LogP contribution in [0.2, 0.25) is 5.02 Å². The van der Waals surface area contributed by atoms with Crippen LogP contribution in [0.15, 0.2) is 48.5 Å². The Hall–Kier alpha value is -1.62. The van der Waals surface area contributed by atoms with E-state index in [0.717, 1.165) is 27.7 Å². The van der Waals surface area contributed by atoms with E-state index in [-0.39, 0.29) is 12.4 Å². The topological polar surface area (TPSA) is 42.8 Å². The molecule has 2 N–H and O–H groups in total. The van der Waals surface area contributed by atoms with E-state index in [4.69, 9.17) is 17.3 Å². The Kier molecular flexibility index (Phi) is 4.83. The summed E-state index contributed by atoms with van der Waals surface area (Å²) < 4.78 is 2.00. The molecule has 0 saturated heterocycles. The van der Waals surface area contributed by atoms with Gasteiger partial charge in [-0.25, -0.2) is 0 Å². The molecule has 0 atom stereocenters. The number of nitrogens with two attached hydrogens (primary N) is 1. The molecular formula is C15H13Cl2N3S. The van der Waals surface area contributed by atoms with Gasteiger partial charge in [-0.3, -0.25) is 0 Å². The van der Waals surface area contributed by atoms with Crippen LogP contribution in [0.4, 0.5) is 5.13 Å². The molecule has 0 aliphatic rings. The first-order valence-electron chi connectivity index (χ1n) is 6.16. The van der Waals surface area contributed by atoms with E-state index < -0.39 is 0 Å². The lowest BCUT2D eigenvalue weighted by Gasteiger charge is -2.01. The number of nitrogens with zero attached hydrogens (tertiary/aromatic N) is 2. The highest BCUT2D eigenvalue weighted by Crippen LogP contribution is 2.22. The van der Waals surface area contributed by atoms with Crippen LogP contribution in [-0.2, 0) is 0 Å². The summed E-state index contributed by atoms with van der Waals surface area (Å²) in [6.45, 7) is 1.98. The summed E-state index contributed by atoms with van der Waals surface area (Å²) in [5, 5.41) is 1.27. The number of halogens is 2. The number of aromatic nitrogens is 2. The van der Waals surface area contributed by atoms with Gasteiger partial charge in [-0.15, -0.1) is 3.96 Å². The maximum absolute atomic E-state index is 6.21. The largest absolute Gasteiger partial charge is 1.00 e. The van der Waals surface area contributed by atoms with E-state index in [1.54, 1.807) is 0 Å². The molecule has 0 spiro atoms. The Labute approximate surface area is 138 Å². The molecule has 3 aromatic rings. The Morgan fingerprint density at radius 3 is 2.52 bits per heavy atom. The van der Waals surface area contributed by atoms with Crippen molar-refractivity contribution in [2.24, 2.45) is 0 Å². The van der Waals surface area contributed by atoms with E-state index in [1.807, 2.05) is 59.4 Å². The zero-order chi connectivity index (χ0) is 14.1. The smallest absolute Gasteiger partial charge is 0.350 e. The third-order valence-electron chi connectivity index (χ3n) is 3.02. The van der Waals surface area contributed by atoms with E-state index >= 15 is 0 Å². The summed E-state index contributed by atoms with van der Waals surface area (Å²) in [6, 6.07) is 15.9. The lowest BCUT2D eigenvalue weighted by atomic mass is 10.2. The fourth-order valence-electron chi connectivity index (χ4n) is 1.96. The van der Waals surface area contributed by atoms with Crippen molar-refractivity contribution in [2.45, 2.75) is 6.92 Å². The van der Waals surface area contributed by atoms with Crippen molar-refractivity contribution in [1.29, 1.82) is 0 Å². The zero-order valence-electron chi connectivity index (χ0n) is 11.3. The minimum absolute atomic E-state index is 0. The molecule has 108 valence electrons. The number of aryl methyl sites for hydroxylation is 1. The van der Waals surface area contributed by atoms with Gasteiger partial charge in [0.05, 0.1) is 5.56 Å². The van der Waals surface area contributed by atoms with Crippen molar-refractivity contribution >= 4 is 28.3 Å². The van der Waals surface area contributed by atoms with Gasteiger partial charge in [-0.2, -0.15) is 0 Å². The van der Waals surface area contributed by atoms with Crippen molar-refractivity contribution in [3.63, 3.8) is 0 Å². The molecule has 0 aliphatic heterocycles. The second-order valence-corrected chi connectivity index (χ2v) is 5.83. The van der Waals surface area contributed by atoms with Crippen LogP contribution in [0.5, 0.6) is 0 Å². The van der Waals surface area contributed by atoms with E-state index in [1.165, 1.54) is 11.5 Å². The van der Waals surface area contributed by atoms with Gasteiger partial charge in [-0.1, -0.05) is 35.9 Å². The Bertz CT molecular complexity index is 757. The maximum atomic E-state index is 6.21. The molecule has 0 saturated carbocycles. The van der Waals surface area contributed by atoms with Crippen LogP contribution in [0.25, 0.3) is 17.1 Å². The summed E-state index contributed by atoms with van der Waals surface area (Å²) in [6.07, 6.45) is 0. The van der Waals surface area contributed by atoms with Crippen LogP contribution in [0, 0.1) is 6.92 Å². The van der Waals surface area contributed by atoms with Crippen molar-refractivity contribution in [3.05, 3.63) is 59.1 Å². The molecule has 1 aromatic heterocycles. The van der Waals surface area contributed by atoms with Gasteiger partial charge < -0.3 is 18.1 Å². The van der Waals surface area contributed by atoms with E-state index in [2.05, 4.69) is 4.98 Å². The molecule has 3 nitrogen and oxygen atoms in total. The average Bonchev–Trinajstić information content (AvgIpc) is 2.85. The lowest BCUT2D eigenvalue weighted by Crippen LogP contribution is -3.00. The predicted octanol–water partition coefficient (Wildman–Crippen LogP) is 0.635. The highest BCUT2D eigenvalue weighted by Gasteiger charge is 2.22. The number of nitrogen functional groups attached to an aromatic ring is 1. The summed E-state index contributed by atoms with van der Waals surface area (Å²) in [7, 11) is 0. The third-order valence-corrected chi connectivity index (χ3v) is 4.27. The fourth-order valence-corrected chi connectivity index (χ4v) is 2.90. The Morgan fingerprint density at radius 2 is 1.86 bits per heavy atom. The Morgan fingerprint density at radius 1 is 1.14 bits per heavy atom. The normalized spacial score (nSPS) is 10.2. The first-order chi connectivity index (χ1) is 9.65. The molecule has 0 bridgehead atoms. The van der Waals surface area contributed by atoms with Crippen LogP contribution < -0.4 is 22.1 Å². The highest BCUT2D eigenvalue weighted by molar-refractivity contribution is 7.05. The number of anilines is 1. The predicted molar refractivity (Wildman–Crippen MR) is 83.2 cm³/mol. The van der Waals surface area contributed by atoms with Gasteiger partial charge in [0.2, 0.25) is 0 Å². The minimum atomic E-state index is 0. The van der Waals surface area contributed by atoms with Gasteiger partial charge >= 0.3 is 11.0 Å². The molecule has 2 aromatic carbocycles. The first kappa shape index (κ1) is 15.8. The number of benzene rings is 2. The summed E-state index contributed by atoms with van der Waals surface area (Å²) >= 11 is 7.61. The standard InChI is InChI=1S/C15H12ClN3S.ClH/c1-10-7-8-12(9-13(10)16)19-14(18-15(17)20-19)11-5-3-2-4-6-11;/h2-9,17H,1H3;1H. The van der Waals surface area contributed by atoms with Crippen LogP contribution in [-0.4, -0.2) is 4.98 Å². The van der Waals surface area contributed by atoms with E-state index in [9.17, 15) is 0 Å². The van der Waals surface area contributed by atoms with Gasteiger partial charge in [0.15, 0.2) is 0 Å². The molecule has 0 amide bonds. The Balaban J connectivity index is 0.00000161. The van der Waals surface area contributed by atoms with Crippen LogP contribution >= 0.6 is 23.1 Å². The molecule has 21 heavy (non-hydrogen) atoms. The second-order valence-electron chi connectivity index (χ2n) is 4.46. The molecule has 3 rings (SSSR count). The van der Waals surface area contributed by atoms with Gasteiger partial charge in [0.1, 0.15) is 17.2 Å². The second kappa shape index (κ2) is 6.43. The molecule has 1 heterocycles. The molecule has 0 aliphatic carbocycles. The van der Waals surface area contributed by atoms with Crippen molar-refractivity contribution in [1.82, 2.24) is 4.98 Å². The number of hydrogen-bond acceptors (Lipinski definition) is 3. The van der Waals surface area contributed by atoms with Crippen molar-refractivity contribution in [3.8, 4) is 17.1 Å². The quantitative estimate of drug-likeness (QED) is 0.697. The SMILES string of the molecule is Cc1ccc(-[n+]2sc(N)nc2-c2ccccc2)cc1Cl.[Cl-]. The third kappa shape index (κ3) is 3.18. The molecule has 0 radical (unpaired) electrons. The van der Waals surface area contributed by atoms with Crippen LogP contribution in [0.3, 0.4) is 0 Å². The molecule has 0 fully saturated rings. The fraction of sp³-hybridized carbons (Fsp3) is 0.0667. The van der Waals surface area contributed by atoms with Gasteiger partial charge in [-0.05, 0) is 35.7 Å². The summed E-state index contributed by atoms with van der Waals surface area (Å²) in [5.41, 5.74) is 8.92. The zero-order valence-corrected chi connectivity index (χ0v) is 13.6. The molecule has 0 unspecified atom stereocenters. The van der Waals surface area contributed by atoms with E-state index in [0.29, 0.717) is 5.13 Å². The number of hydrogen-bond donors (Lipinski definition) is 1. The van der Waals surface area contributed by atoms with Crippen molar-refractivity contribution < 1.29 is 16.4 Å². The maximum Gasteiger partial charge on any atom is 0.350 e. The van der Waals surface area contributed by atoms with Gasteiger partial charge in [0, 0.05) is 11.1 Å². The van der Waals surface area contributed by atoms with Crippen LogP contribution in [0.1, 0.15) is 5.56 Å². The van der Waals surface area contributed by atoms with Crippen molar-refractivity contribution in [2.75, 3.05) is 5.73 Å². The monoisotopic (exact) mass is 337 g/mol. The lowest BCUT2D eigenvalue weighted by molar-refractivity contribution is -0.509.